The van der Waals surface area contributed by atoms with Crippen molar-refractivity contribution in [2.24, 2.45) is 0 Å². The van der Waals surface area contributed by atoms with Gasteiger partial charge in [0.1, 0.15) is 5.75 Å². The number of carbonyl (C=O) groups is 1. The van der Waals surface area contributed by atoms with Crippen molar-refractivity contribution in [2.45, 2.75) is 39.4 Å². The Kier molecular flexibility index (Phi) is 5.41. The molecule has 1 aromatic rings. The number of esters is 1. The smallest absolute Gasteiger partial charge is 0.306 e. The van der Waals surface area contributed by atoms with Crippen molar-refractivity contribution in [3.05, 3.63) is 29.8 Å². The molecule has 18 heavy (non-hydrogen) atoms. The lowest BCUT2D eigenvalue weighted by Crippen LogP contribution is -2.29. The van der Waals surface area contributed by atoms with Crippen molar-refractivity contribution in [3.63, 3.8) is 0 Å². The Labute approximate surface area is 110 Å². The Hall–Kier alpha value is -1.29. The third kappa shape index (κ3) is 5.86. The number of hydrogen-bond donors (Lipinski definition) is 0. The summed E-state index contributed by atoms with van der Waals surface area (Å²) in [5.41, 5.74) is 1.11. The first-order valence-electron chi connectivity index (χ1n) is 6.34. The highest BCUT2D eigenvalue weighted by molar-refractivity contribution is 6.70. The Balaban J connectivity index is 2.57. The van der Waals surface area contributed by atoms with Gasteiger partial charge in [-0.1, -0.05) is 12.1 Å². The van der Waals surface area contributed by atoms with Crippen LogP contribution in [0.15, 0.2) is 24.3 Å². The summed E-state index contributed by atoms with van der Waals surface area (Å²) in [6.45, 7) is 8.72. The quantitative estimate of drug-likeness (QED) is 0.585. The minimum atomic E-state index is -1.57. The van der Waals surface area contributed by atoms with Crippen LogP contribution in [0, 0.1) is 0 Å². The van der Waals surface area contributed by atoms with Crippen molar-refractivity contribution in [3.8, 4) is 5.75 Å². The second-order valence-corrected chi connectivity index (χ2v) is 9.60. The van der Waals surface area contributed by atoms with Gasteiger partial charge in [-0.25, -0.2) is 0 Å². The molecule has 0 spiro atoms. The number of hydrogen-bond acceptors (Lipinski definition) is 3. The van der Waals surface area contributed by atoms with Gasteiger partial charge >= 0.3 is 5.97 Å². The summed E-state index contributed by atoms with van der Waals surface area (Å²) in [4.78, 5) is 11.3. The first kappa shape index (κ1) is 14.8. The molecule has 4 heteroatoms. The molecule has 0 unspecified atom stereocenters. The minimum Gasteiger partial charge on any atom is -0.544 e. The molecule has 100 valence electrons. The maximum atomic E-state index is 11.3. The zero-order valence-electron chi connectivity index (χ0n) is 11.7. The Morgan fingerprint density at radius 3 is 2.61 bits per heavy atom. The monoisotopic (exact) mass is 266 g/mol. The van der Waals surface area contributed by atoms with Crippen molar-refractivity contribution < 1.29 is 14.0 Å². The molecule has 1 aromatic carbocycles. The van der Waals surface area contributed by atoms with E-state index in [1.807, 2.05) is 31.2 Å². The van der Waals surface area contributed by atoms with Crippen LogP contribution in [-0.2, 0) is 16.0 Å². The third-order valence-electron chi connectivity index (χ3n) is 2.25. The van der Waals surface area contributed by atoms with Gasteiger partial charge < -0.3 is 9.16 Å². The van der Waals surface area contributed by atoms with E-state index in [0.717, 1.165) is 11.3 Å². The maximum Gasteiger partial charge on any atom is 0.306 e. The van der Waals surface area contributed by atoms with E-state index in [-0.39, 0.29) is 5.97 Å². The molecule has 0 saturated heterocycles. The summed E-state index contributed by atoms with van der Waals surface area (Å²) in [7, 11) is -1.57. The first-order chi connectivity index (χ1) is 8.40. The van der Waals surface area contributed by atoms with Crippen LogP contribution in [0.3, 0.4) is 0 Å². The van der Waals surface area contributed by atoms with Crippen LogP contribution in [0.5, 0.6) is 5.75 Å². The zero-order valence-corrected chi connectivity index (χ0v) is 12.7. The second kappa shape index (κ2) is 6.59. The van der Waals surface area contributed by atoms with Gasteiger partial charge in [0.2, 0.25) is 8.32 Å². The number of benzene rings is 1. The van der Waals surface area contributed by atoms with Crippen molar-refractivity contribution >= 4 is 14.3 Å². The fourth-order valence-electron chi connectivity index (χ4n) is 1.60. The van der Waals surface area contributed by atoms with E-state index in [2.05, 4.69) is 19.6 Å². The molecular weight excluding hydrogens is 244 g/mol. The number of ether oxygens (including phenoxy) is 1. The second-order valence-electron chi connectivity index (χ2n) is 5.17. The van der Waals surface area contributed by atoms with Gasteiger partial charge in [-0.3, -0.25) is 4.79 Å². The predicted octanol–water partition coefficient (Wildman–Crippen LogP) is 3.40. The van der Waals surface area contributed by atoms with Crippen molar-refractivity contribution in [1.82, 2.24) is 0 Å². The summed E-state index contributed by atoms with van der Waals surface area (Å²) in [5, 5.41) is 0. The molecule has 0 bridgehead atoms. The number of aryl methyl sites for hydroxylation is 1. The van der Waals surface area contributed by atoms with Crippen molar-refractivity contribution in [2.75, 3.05) is 6.61 Å². The molecule has 0 aliphatic rings. The molecule has 0 amide bonds. The van der Waals surface area contributed by atoms with Crippen LogP contribution in [-0.4, -0.2) is 20.9 Å². The van der Waals surface area contributed by atoms with Gasteiger partial charge in [0, 0.05) is 6.42 Å². The fourth-order valence-corrected chi connectivity index (χ4v) is 2.43. The van der Waals surface area contributed by atoms with E-state index in [0.29, 0.717) is 19.4 Å². The highest BCUT2D eigenvalue weighted by atomic mass is 28.4. The molecule has 0 atom stereocenters. The summed E-state index contributed by atoms with van der Waals surface area (Å²) in [6.07, 6.45) is 1.12. The summed E-state index contributed by atoms with van der Waals surface area (Å²) in [5.74, 6) is 0.754. The van der Waals surface area contributed by atoms with Crippen LogP contribution >= 0.6 is 0 Å². The van der Waals surface area contributed by atoms with Crippen molar-refractivity contribution in [1.29, 1.82) is 0 Å². The first-order valence-corrected chi connectivity index (χ1v) is 9.75. The minimum absolute atomic E-state index is 0.144. The molecule has 0 aliphatic heterocycles. The SMILES string of the molecule is CCOC(=O)CCc1cccc(O[Si](C)(C)C)c1. The van der Waals surface area contributed by atoms with Crippen LogP contribution in [0.4, 0.5) is 0 Å². The lowest BCUT2D eigenvalue weighted by molar-refractivity contribution is -0.143. The Bertz CT molecular complexity index is 396. The van der Waals surface area contributed by atoms with E-state index in [9.17, 15) is 4.79 Å². The zero-order chi connectivity index (χ0) is 13.6. The molecule has 0 fully saturated rings. The summed E-state index contributed by atoms with van der Waals surface area (Å²) >= 11 is 0. The van der Waals surface area contributed by atoms with Gasteiger partial charge in [-0.15, -0.1) is 0 Å². The highest BCUT2D eigenvalue weighted by Crippen LogP contribution is 2.18. The molecule has 1 rings (SSSR count). The molecule has 0 N–H and O–H groups in total. The van der Waals surface area contributed by atoms with Crippen LogP contribution in [0.1, 0.15) is 18.9 Å². The molecule has 0 aromatic heterocycles. The molecule has 0 saturated carbocycles. The molecular formula is C14H22O3Si. The third-order valence-corrected chi connectivity index (χ3v) is 3.09. The normalized spacial score (nSPS) is 11.1. The van der Waals surface area contributed by atoms with Gasteiger partial charge in [0.25, 0.3) is 0 Å². The van der Waals surface area contributed by atoms with E-state index in [1.54, 1.807) is 0 Å². The topological polar surface area (TPSA) is 35.5 Å². The molecule has 0 aliphatic carbocycles. The van der Waals surface area contributed by atoms with Gasteiger partial charge in [0.15, 0.2) is 0 Å². The lowest BCUT2D eigenvalue weighted by Gasteiger charge is -2.19. The molecule has 0 heterocycles. The van der Waals surface area contributed by atoms with Gasteiger partial charge in [0.05, 0.1) is 6.61 Å². The van der Waals surface area contributed by atoms with Gasteiger partial charge in [-0.2, -0.15) is 0 Å². The molecule has 0 radical (unpaired) electrons. The lowest BCUT2D eigenvalue weighted by atomic mass is 10.1. The predicted molar refractivity (Wildman–Crippen MR) is 75.4 cm³/mol. The van der Waals surface area contributed by atoms with E-state index in [4.69, 9.17) is 9.16 Å². The summed E-state index contributed by atoms with van der Waals surface area (Å²) in [6, 6.07) is 7.95. The number of carbonyl (C=O) groups excluding carboxylic acids is 1. The fraction of sp³-hybridized carbons (Fsp3) is 0.500. The summed E-state index contributed by atoms with van der Waals surface area (Å²) < 4.78 is 10.8. The average Bonchev–Trinajstić information content (AvgIpc) is 2.25. The van der Waals surface area contributed by atoms with E-state index in [1.165, 1.54) is 0 Å². The highest BCUT2D eigenvalue weighted by Gasteiger charge is 2.16. The largest absolute Gasteiger partial charge is 0.544 e. The van der Waals surface area contributed by atoms with Crippen LogP contribution in [0.25, 0.3) is 0 Å². The molecule has 3 nitrogen and oxygen atoms in total. The van der Waals surface area contributed by atoms with E-state index >= 15 is 0 Å². The van der Waals surface area contributed by atoms with E-state index < -0.39 is 8.32 Å². The van der Waals surface area contributed by atoms with Crippen LogP contribution in [0.2, 0.25) is 19.6 Å². The average molecular weight is 266 g/mol. The number of rotatable bonds is 6. The maximum absolute atomic E-state index is 11.3. The standard InChI is InChI=1S/C14H22O3Si/c1-5-16-14(15)10-9-12-7-6-8-13(11-12)17-18(2,3)4/h6-8,11H,5,9-10H2,1-4H3. The Morgan fingerprint density at radius 2 is 2.00 bits per heavy atom. The Morgan fingerprint density at radius 1 is 1.28 bits per heavy atom. The van der Waals surface area contributed by atoms with Crippen LogP contribution < -0.4 is 4.43 Å². The van der Waals surface area contributed by atoms with Gasteiger partial charge in [-0.05, 0) is 50.7 Å².